The fourth-order valence-electron chi connectivity index (χ4n) is 2.56. The minimum Gasteiger partial charge on any atom is -0.467 e. The van der Waals surface area contributed by atoms with Gasteiger partial charge >= 0.3 is 19.2 Å². The number of hydrogen-bond donors (Lipinski definition) is 3. The summed E-state index contributed by atoms with van der Waals surface area (Å²) in [5.74, 6) is -0.635. The van der Waals surface area contributed by atoms with Gasteiger partial charge in [0.25, 0.3) is 0 Å². The Labute approximate surface area is 176 Å². The molecule has 0 bridgehead atoms. The quantitative estimate of drug-likeness (QED) is 0.317. The molecule has 159 valence electrons. The second kappa shape index (κ2) is 11.4. The Hall–Kier alpha value is -1.59. The van der Waals surface area contributed by atoms with Crippen LogP contribution >= 0.6 is 0 Å². The van der Waals surface area contributed by atoms with Gasteiger partial charge in [0.05, 0.1) is 7.11 Å². The van der Waals surface area contributed by atoms with Gasteiger partial charge in [-0.3, -0.25) is 7.05 Å². The molecule has 0 fully saturated rings. The number of amides is 1. The van der Waals surface area contributed by atoms with Crippen LogP contribution in [0.2, 0.25) is 0 Å². The molecule has 1 aromatic rings. The molecule has 8 nitrogen and oxygen atoms in total. The second-order valence-electron chi connectivity index (χ2n) is 7.30. The van der Waals surface area contributed by atoms with Gasteiger partial charge in [-0.05, 0) is 51.0 Å². The summed E-state index contributed by atoms with van der Waals surface area (Å²) in [7, 11) is 5.08. The standard InChI is InChI=1S/C18H28BN2O6.Co/c1-18(2,3)27-17(23)20-15(16(22)26-6)10-12-8-7-9-14(19(24)25)13(12)11-21(4)5;/h7-9,15,24-25H,4,10-11H2,1-3,5-6H3,(H,20,23);/q-1;/t15-;/m0./s1. The molecular formula is C18H28BCoN2O6-. The average Bonchev–Trinajstić information content (AvgIpc) is 2.52. The van der Waals surface area contributed by atoms with Crippen molar-refractivity contribution >= 4 is 24.6 Å². The predicted octanol–water partition coefficient (Wildman–Crippen LogP) is 0.196. The molecule has 1 radical (unpaired) electrons. The van der Waals surface area contributed by atoms with Crippen molar-refractivity contribution in [2.45, 2.75) is 45.4 Å². The molecule has 10 heteroatoms. The maximum absolute atomic E-state index is 12.2. The van der Waals surface area contributed by atoms with Gasteiger partial charge in [-0.25, -0.2) is 9.59 Å². The van der Waals surface area contributed by atoms with Crippen LogP contribution in [0.5, 0.6) is 0 Å². The van der Waals surface area contributed by atoms with Gasteiger partial charge in [-0.1, -0.05) is 18.2 Å². The summed E-state index contributed by atoms with van der Waals surface area (Å²) in [6.07, 6.45) is -0.651. The van der Waals surface area contributed by atoms with E-state index in [1.165, 1.54) is 7.11 Å². The van der Waals surface area contributed by atoms with Gasteiger partial charge in [-0.15, -0.1) is 0 Å². The molecule has 28 heavy (non-hydrogen) atoms. The Morgan fingerprint density at radius 2 is 1.93 bits per heavy atom. The Kier molecular flexibility index (Phi) is 10.8. The van der Waals surface area contributed by atoms with E-state index in [9.17, 15) is 19.6 Å². The summed E-state index contributed by atoms with van der Waals surface area (Å²) in [4.78, 5) is 25.9. The molecular weight excluding hydrogens is 410 g/mol. The third kappa shape index (κ3) is 8.61. The first-order chi connectivity index (χ1) is 12.4. The summed E-state index contributed by atoms with van der Waals surface area (Å²) >= 11 is 0. The number of benzene rings is 1. The molecule has 1 rings (SSSR count). The van der Waals surface area contributed by atoms with Crippen LogP contribution in [0.3, 0.4) is 0 Å². The van der Waals surface area contributed by atoms with E-state index in [4.69, 9.17) is 9.47 Å². The maximum Gasteiger partial charge on any atom is 0.488 e. The van der Waals surface area contributed by atoms with Gasteiger partial charge in [0.2, 0.25) is 0 Å². The van der Waals surface area contributed by atoms with Crippen molar-refractivity contribution in [1.29, 1.82) is 0 Å². The molecule has 0 aliphatic carbocycles. The third-order valence-electron chi connectivity index (χ3n) is 3.62. The Balaban J connectivity index is 0.00000729. The molecule has 0 aromatic heterocycles. The van der Waals surface area contributed by atoms with Crippen LogP contribution in [0.25, 0.3) is 0 Å². The number of carbonyl (C=O) groups excluding carboxylic acids is 2. The molecule has 0 aliphatic rings. The number of carbonyl (C=O) groups is 2. The van der Waals surface area contributed by atoms with Crippen LogP contribution in [0.15, 0.2) is 18.2 Å². The minimum absolute atomic E-state index is 0. The van der Waals surface area contributed by atoms with Crippen LogP contribution in [-0.2, 0) is 44.0 Å². The molecule has 1 amide bonds. The Morgan fingerprint density at radius 1 is 1.32 bits per heavy atom. The summed E-state index contributed by atoms with van der Waals surface area (Å²) in [6.45, 7) is 5.47. The van der Waals surface area contributed by atoms with Crippen molar-refractivity contribution in [2.75, 3.05) is 14.2 Å². The van der Waals surface area contributed by atoms with Crippen molar-refractivity contribution in [1.82, 2.24) is 10.2 Å². The predicted molar refractivity (Wildman–Crippen MR) is 102 cm³/mol. The van der Waals surface area contributed by atoms with Gasteiger partial charge in [0, 0.05) is 23.2 Å². The molecule has 0 saturated carbocycles. The second-order valence-corrected chi connectivity index (χ2v) is 7.30. The number of esters is 1. The average molecular weight is 438 g/mol. The van der Waals surface area contributed by atoms with Crippen molar-refractivity contribution in [3.63, 3.8) is 0 Å². The van der Waals surface area contributed by atoms with E-state index in [1.807, 2.05) is 0 Å². The zero-order valence-corrected chi connectivity index (χ0v) is 17.9. The van der Waals surface area contributed by atoms with Crippen molar-refractivity contribution in [3.8, 4) is 0 Å². The number of ether oxygens (including phenoxy) is 2. The summed E-state index contributed by atoms with van der Waals surface area (Å²) in [6, 6.07) is 3.99. The van der Waals surface area contributed by atoms with E-state index < -0.39 is 30.8 Å². The number of nitrogens with one attached hydrogen (secondary N) is 1. The first kappa shape index (κ1) is 26.4. The topological polar surface area (TPSA) is 108 Å². The van der Waals surface area contributed by atoms with E-state index in [1.54, 1.807) is 50.9 Å². The number of alkyl carbamates (subject to hydrolysis) is 1. The van der Waals surface area contributed by atoms with Crippen molar-refractivity contribution < 1.29 is 45.9 Å². The summed E-state index contributed by atoms with van der Waals surface area (Å²) in [5, 5.41) is 21.8. The molecule has 1 aromatic carbocycles. The normalized spacial score (nSPS) is 12.0. The number of hydrogen-bond acceptors (Lipinski definition) is 7. The van der Waals surface area contributed by atoms with Gasteiger partial charge in [0.1, 0.15) is 11.6 Å². The van der Waals surface area contributed by atoms with E-state index in [2.05, 4.69) is 12.4 Å². The van der Waals surface area contributed by atoms with Crippen LogP contribution < -0.4 is 10.8 Å². The van der Waals surface area contributed by atoms with Crippen molar-refractivity contribution in [3.05, 3.63) is 36.4 Å². The van der Waals surface area contributed by atoms with Crippen LogP contribution in [0.1, 0.15) is 31.9 Å². The van der Waals surface area contributed by atoms with E-state index in [-0.39, 0.29) is 23.2 Å². The monoisotopic (exact) mass is 438 g/mol. The largest absolute Gasteiger partial charge is 0.488 e. The fraction of sp³-hybridized carbons (Fsp3) is 0.500. The molecule has 0 unspecified atom stereocenters. The molecule has 0 spiro atoms. The minimum atomic E-state index is -1.67. The van der Waals surface area contributed by atoms with Crippen molar-refractivity contribution in [2.24, 2.45) is 0 Å². The summed E-state index contributed by atoms with van der Waals surface area (Å²) in [5.41, 5.74) is 0.865. The SMILES string of the molecule is [CH2-]N(C)Cc1c(C[C@H](NC(=O)OC(C)(C)C)C(=O)OC)cccc1B(O)O.[Co]. The van der Waals surface area contributed by atoms with Gasteiger partial charge < -0.3 is 29.7 Å². The number of methoxy groups -OCH3 is 1. The van der Waals surface area contributed by atoms with Gasteiger partial charge in [0.15, 0.2) is 0 Å². The van der Waals surface area contributed by atoms with E-state index >= 15 is 0 Å². The summed E-state index contributed by atoms with van der Waals surface area (Å²) < 4.78 is 9.98. The molecule has 0 saturated heterocycles. The molecule has 3 N–H and O–H groups in total. The first-order valence-corrected chi connectivity index (χ1v) is 8.50. The molecule has 0 heterocycles. The Bertz CT molecular complexity index is 664. The van der Waals surface area contributed by atoms with Gasteiger partial charge in [-0.2, -0.15) is 0 Å². The third-order valence-corrected chi connectivity index (χ3v) is 3.62. The first-order valence-electron chi connectivity index (χ1n) is 8.50. The smallest absolute Gasteiger partial charge is 0.467 e. The number of rotatable bonds is 7. The Morgan fingerprint density at radius 3 is 2.39 bits per heavy atom. The van der Waals surface area contributed by atoms with E-state index in [0.29, 0.717) is 23.1 Å². The van der Waals surface area contributed by atoms with Crippen LogP contribution in [0.4, 0.5) is 4.79 Å². The zero-order valence-electron chi connectivity index (χ0n) is 16.8. The van der Waals surface area contributed by atoms with Crippen LogP contribution in [-0.4, -0.2) is 59.9 Å². The molecule has 0 aliphatic heterocycles. The van der Waals surface area contributed by atoms with Crippen LogP contribution in [0, 0.1) is 7.05 Å². The maximum atomic E-state index is 12.2. The fourth-order valence-corrected chi connectivity index (χ4v) is 2.56. The number of nitrogens with zero attached hydrogens (tertiary/aromatic N) is 1. The van der Waals surface area contributed by atoms with E-state index in [0.717, 1.165) is 0 Å². The molecule has 1 atom stereocenters. The zero-order chi connectivity index (χ0) is 20.8.